The van der Waals surface area contributed by atoms with Gasteiger partial charge in [-0.2, -0.15) is 0 Å². The maximum atomic E-state index is 12.0. The Morgan fingerprint density at radius 1 is 1.29 bits per heavy atom. The molecule has 0 spiro atoms. The van der Waals surface area contributed by atoms with Gasteiger partial charge in [0.15, 0.2) is 0 Å². The first kappa shape index (κ1) is 12.7. The van der Waals surface area contributed by atoms with Crippen molar-refractivity contribution < 1.29 is 14.3 Å². The van der Waals surface area contributed by atoms with Gasteiger partial charge in [-0.25, -0.2) is 4.79 Å². The zero-order chi connectivity index (χ0) is 12.9. The van der Waals surface area contributed by atoms with Gasteiger partial charge in [0.25, 0.3) is 0 Å². The molecule has 3 aliphatic carbocycles. The van der Waals surface area contributed by atoms with E-state index in [2.05, 4.69) is 0 Å². The molecule has 3 aliphatic rings. The van der Waals surface area contributed by atoms with E-state index in [9.17, 15) is 4.79 Å². The summed E-state index contributed by atoms with van der Waals surface area (Å²) in [5.74, 6) is 0. The molecular formula is C13H23NO3. The van der Waals surface area contributed by atoms with Crippen molar-refractivity contribution in [1.82, 2.24) is 4.90 Å². The van der Waals surface area contributed by atoms with E-state index in [1.54, 1.807) is 12.0 Å². The van der Waals surface area contributed by atoms with Gasteiger partial charge in [-0.15, -0.1) is 0 Å². The molecule has 0 heterocycles. The molecule has 0 aromatic heterocycles. The predicted molar refractivity (Wildman–Crippen MR) is 64.9 cm³/mol. The Bertz CT molecular complexity index is 312. The fourth-order valence-electron chi connectivity index (χ4n) is 3.28. The fourth-order valence-corrected chi connectivity index (χ4v) is 3.28. The van der Waals surface area contributed by atoms with Crippen LogP contribution in [0.3, 0.4) is 0 Å². The van der Waals surface area contributed by atoms with Crippen molar-refractivity contribution in [3.8, 4) is 0 Å². The second-order valence-corrected chi connectivity index (χ2v) is 6.73. The molecule has 4 heteroatoms. The molecule has 0 aliphatic heterocycles. The van der Waals surface area contributed by atoms with E-state index in [1.165, 1.54) is 0 Å². The molecular weight excluding hydrogens is 218 g/mol. The van der Waals surface area contributed by atoms with Gasteiger partial charge in [0.1, 0.15) is 5.60 Å². The maximum Gasteiger partial charge on any atom is 0.410 e. The van der Waals surface area contributed by atoms with Crippen molar-refractivity contribution >= 4 is 6.09 Å². The molecule has 98 valence electrons. The summed E-state index contributed by atoms with van der Waals surface area (Å²) in [7, 11) is 3.59. The maximum absolute atomic E-state index is 12.0. The topological polar surface area (TPSA) is 38.8 Å². The van der Waals surface area contributed by atoms with Crippen molar-refractivity contribution in [3.63, 3.8) is 0 Å². The average molecular weight is 241 g/mol. The first-order valence-electron chi connectivity index (χ1n) is 6.18. The van der Waals surface area contributed by atoms with Gasteiger partial charge in [0, 0.05) is 25.1 Å². The lowest BCUT2D eigenvalue weighted by atomic mass is 9.39. The second kappa shape index (κ2) is 3.61. The lowest BCUT2D eigenvalue weighted by Crippen LogP contribution is -2.76. The summed E-state index contributed by atoms with van der Waals surface area (Å²) in [4.78, 5) is 13.7. The summed E-state index contributed by atoms with van der Waals surface area (Å²) >= 11 is 0. The summed E-state index contributed by atoms with van der Waals surface area (Å²) in [6.45, 7) is 6.50. The van der Waals surface area contributed by atoms with Crippen molar-refractivity contribution in [3.05, 3.63) is 0 Å². The molecule has 17 heavy (non-hydrogen) atoms. The number of ether oxygens (including phenoxy) is 2. The monoisotopic (exact) mass is 241 g/mol. The summed E-state index contributed by atoms with van der Waals surface area (Å²) < 4.78 is 10.6. The number of hydrogen-bond acceptors (Lipinski definition) is 3. The van der Waals surface area contributed by atoms with E-state index in [0.29, 0.717) is 5.41 Å². The smallest absolute Gasteiger partial charge is 0.410 e. The number of amides is 1. The minimum Gasteiger partial charge on any atom is -0.444 e. The van der Waals surface area contributed by atoms with Gasteiger partial charge in [0.2, 0.25) is 0 Å². The Hall–Kier alpha value is -0.770. The zero-order valence-corrected chi connectivity index (χ0v) is 11.5. The second-order valence-electron chi connectivity index (χ2n) is 6.73. The van der Waals surface area contributed by atoms with Crippen LogP contribution in [0.4, 0.5) is 4.79 Å². The van der Waals surface area contributed by atoms with Gasteiger partial charge >= 0.3 is 6.09 Å². The van der Waals surface area contributed by atoms with Crippen LogP contribution in [0.1, 0.15) is 40.0 Å². The Morgan fingerprint density at radius 2 is 1.82 bits per heavy atom. The average Bonchev–Trinajstić information content (AvgIpc) is 2.04. The fraction of sp³-hybridized carbons (Fsp3) is 0.923. The number of carbonyl (C=O) groups is 1. The largest absolute Gasteiger partial charge is 0.444 e. The molecule has 0 saturated heterocycles. The zero-order valence-electron chi connectivity index (χ0n) is 11.5. The van der Waals surface area contributed by atoms with E-state index in [1.807, 2.05) is 27.8 Å². The molecule has 0 aromatic carbocycles. The standard InChI is InChI=1S/C13H23NO3/c1-11(2,3)17-10(15)14(4)13-6-12(7-13,8-13)9-16-5/h6-9H2,1-5H3. The lowest BCUT2D eigenvalue weighted by molar-refractivity contribution is -0.225. The summed E-state index contributed by atoms with van der Waals surface area (Å²) in [6.07, 6.45) is 2.97. The highest BCUT2D eigenvalue weighted by atomic mass is 16.6. The summed E-state index contributed by atoms with van der Waals surface area (Å²) in [6, 6.07) is 0. The van der Waals surface area contributed by atoms with Crippen molar-refractivity contribution in [2.24, 2.45) is 5.41 Å². The highest BCUT2D eigenvalue weighted by molar-refractivity contribution is 5.70. The first-order chi connectivity index (χ1) is 7.72. The van der Waals surface area contributed by atoms with Crippen LogP contribution in [-0.4, -0.2) is 42.9 Å². The minimum absolute atomic E-state index is 0.0564. The molecule has 0 atom stereocenters. The molecule has 3 rings (SSSR count). The highest BCUT2D eigenvalue weighted by Gasteiger charge is 2.70. The Labute approximate surface area is 103 Å². The summed E-state index contributed by atoms with van der Waals surface area (Å²) in [5.41, 5.74) is -0.00895. The Morgan fingerprint density at radius 3 is 2.24 bits per heavy atom. The van der Waals surface area contributed by atoms with Gasteiger partial charge in [-0.1, -0.05) is 0 Å². The van der Waals surface area contributed by atoms with Gasteiger partial charge < -0.3 is 14.4 Å². The van der Waals surface area contributed by atoms with Crippen LogP contribution >= 0.6 is 0 Å². The SMILES string of the molecule is COCC12CC(N(C)C(=O)OC(C)(C)C)(C1)C2. The van der Waals surface area contributed by atoms with E-state index >= 15 is 0 Å². The van der Waals surface area contributed by atoms with Gasteiger partial charge in [0.05, 0.1) is 6.61 Å². The van der Waals surface area contributed by atoms with Crippen LogP contribution in [0, 0.1) is 5.41 Å². The summed E-state index contributed by atoms with van der Waals surface area (Å²) in [5, 5.41) is 0. The van der Waals surface area contributed by atoms with Crippen molar-refractivity contribution in [2.45, 2.75) is 51.2 Å². The van der Waals surface area contributed by atoms with Crippen LogP contribution < -0.4 is 0 Å². The number of rotatable bonds is 3. The molecule has 2 bridgehead atoms. The van der Waals surface area contributed by atoms with Gasteiger partial charge in [-0.05, 0) is 40.0 Å². The number of methoxy groups -OCH3 is 1. The molecule has 0 unspecified atom stereocenters. The third kappa shape index (κ3) is 2.03. The lowest BCUT2D eigenvalue weighted by Gasteiger charge is -2.72. The van der Waals surface area contributed by atoms with Crippen LogP contribution in [-0.2, 0) is 9.47 Å². The Kier molecular flexibility index (Phi) is 2.69. The third-order valence-corrected chi connectivity index (χ3v) is 3.94. The van der Waals surface area contributed by atoms with E-state index in [4.69, 9.17) is 9.47 Å². The number of carbonyl (C=O) groups excluding carboxylic acids is 1. The molecule has 0 radical (unpaired) electrons. The Balaban J connectivity index is 1.88. The van der Waals surface area contributed by atoms with E-state index in [-0.39, 0.29) is 11.6 Å². The minimum atomic E-state index is -0.418. The molecule has 1 amide bonds. The third-order valence-electron chi connectivity index (χ3n) is 3.94. The van der Waals surface area contributed by atoms with Crippen LogP contribution in [0.25, 0.3) is 0 Å². The van der Waals surface area contributed by atoms with E-state index < -0.39 is 5.60 Å². The van der Waals surface area contributed by atoms with Crippen LogP contribution in [0.5, 0.6) is 0 Å². The van der Waals surface area contributed by atoms with Crippen molar-refractivity contribution in [2.75, 3.05) is 20.8 Å². The quantitative estimate of drug-likeness (QED) is 0.761. The normalized spacial score (nSPS) is 34.6. The van der Waals surface area contributed by atoms with Crippen molar-refractivity contribution in [1.29, 1.82) is 0 Å². The first-order valence-corrected chi connectivity index (χ1v) is 6.18. The van der Waals surface area contributed by atoms with Crippen LogP contribution in [0.2, 0.25) is 0 Å². The van der Waals surface area contributed by atoms with Crippen LogP contribution in [0.15, 0.2) is 0 Å². The predicted octanol–water partition coefficient (Wildman–Crippen LogP) is 2.42. The molecule has 0 N–H and O–H groups in total. The number of nitrogens with zero attached hydrogens (tertiary/aromatic N) is 1. The molecule has 3 fully saturated rings. The number of hydrogen-bond donors (Lipinski definition) is 0. The van der Waals surface area contributed by atoms with Gasteiger partial charge in [-0.3, -0.25) is 0 Å². The van der Waals surface area contributed by atoms with E-state index in [0.717, 1.165) is 25.9 Å². The molecule has 3 saturated carbocycles. The molecule has 0 aromatic rings. The highest BCUT2D eigenvalue weighted by Crippen LogP contribution is 2.69. The molecule has 4 nitrogen and oxygen atoms in total.